The van der Waals surface area contributed by atoms with E-state index in [1.54, 1.807) is 29.2 Å². The predicted molar refractivity (Wildman–Crippen MR) is 121 cm³/mol. The molecule has 0 atom stereocenters. The van der Waals surface area contributed by atoms with Crippen molar-refractivity contribution in [2.75, 3.05) is 31.1 Å². The van der Waals surface area contributed by atoms with Crippen molar-refractivity contribution in [3.8, 4) is 5.75 Å². The second kappa shape index (κ2) is 9.09. The van der Waals surface area contributed by atoms with Gasteiger partial charge in [0.05, 0.1) is 10.5 Å². The summed E-state index contributed by atoms with van der Waals surface area (Å²) in [6.45, 7) is 1.21. The van der Waals surface area contributed by atoms with Crippen LogP contribution in [0.3, 0.4) is 0 Å². The zero-order valence-corrected chi connectivity index (χ0v) is 19.0. The molecule has 2 aliphatic heterocycles. The maximum Gasteiger partial charge on any atom is 0.264 e. The third kappa shape index (κ3) is 4.46. The van der Waals surface area contributed by atoms with Crippen LogP contribution in [0.1, 0.15) is 35.2 Å². The fourth-order valence-corrected chi connectivity index (χ4v) is 5.83. The monoisotopic (exact) mass is 477 g/mol. The Bertz CT molecular complexity index is 1160. The Kier molecular flexibility index (Phi) is 6.41. The molecule has 0 radical (unpaired) electrons. The van der Waals surface area contributed by atoms with Gasteiger partial charge in [0.25, 0.3) is 11.8 Å². The first kappa shape index (κ1) is 22.6. The molecule has 2 N–H and O–H groups in total. The molecule has 2 amide bonds. The van der Waals surface area contributed by atoms with Gasteiger partial charge in [0.2, 0.25) is 10.0 Å². The topological polar surface area (TPSA) is 110 Å². The molecule has 0 bridgehead atoms. The molecule has 1 saturated heterocycles. The second-order valence-corrected chi connectivity index (χ2v) is 10.2. The summed E-state index contributed by atoms with van der Waals surface area (Å²) in [5, 5.41) is 0.334. The van der Waals surface area contributed by atoms with Crippen molar-refractivity contribution >= 4 is 39.1 Å². The maximum atomic E-state index is 13.0. The Morgan fingerprint density at radius 1 is 1.03 bits per heavy atom. The first-order chi connectivity index (χ1) is 15.3. The van der Waals surface area contributed by atoms with Gasteiger partial charge in [-0.25, -0.2) is 8.42 Å². The lowest BCUT2D eigenvalue weighted by molar-refractivity contribution is -0.120. The predicted octanol–water partition coefficient (Wildman–Crippen LogP) is 2.58. The molecular weight excluding hydrogens is 454 g/mol. The molecule has 10 heteroatoms. The van der Waals surface area contributed by atoms with Crippen molar-refractivity contribution < 1.29 is 22.7 Å². The van der Waals surface area contributed by atoms with Gasteiger partial charge in [0, 0.05) is 30.3 Å². The number of hydrogen-bond donors (Lipinski definition) is 1. The van der Waals surface area contributed by atoms with Crippen LogP contribution in [0.4, 0.5) is 5.69 Å². The lowest BCUT2D eigenvalue weighted by Gasteiger charge is -2.26. The van der Waals surface area contributed by atoms with Gasteiger partial charge in [-0.15, -0.1) is 0 Å². The molecule has 170 valence electrons. The minimum atomic E-state index is -3.53. The Morgan fingerprint density at radius 2 is 1.78 bits per heavy atom. The number of hydrogen-bond acceptors (Lipinski definition) is 5. The van der Waals surface area contributed by atoms with E-state index >= 15 is 0 Å². The van der Waals surface area contributed by atoms with E-state index < -0.39 is 15.9 Å². The molecule has 1 fully saturated rings. The number of piperidine rings is 1. The van der Waals surface area contributed by atoms with Crippen LogP contribution >= 0.6 is 11.6 Å². The number of rotatable bonds is 6. The second-order valence-electron chi connectivity index (χ2n) is 7.84. The number of carbonyl (C=O) groups is 2. The highest BCUT2D eigenvalue weighted by molar-refractivity contribution is 7.89. The van der Waals surface area contributed by atoms with Crippen molar-refractivity contribution in [2.45, 2.75) is 30.6 Å². The zero-order valence-electron chi connectivity index (χ0n) is 17.4. The Morgan fingerprint density at radius 3 is 2.50 bits per heavy atom. The molecule has 0 aromatic heterocycles. The summed E-state index contributed by atoms with van der Waals surface area (Å²) in [6.07, 6.45) is 3.35. The molecule has 2 heterocycles. The number of primary amides is 1. The van der Waals surface area contributed by atoms with Crippen LogP contribution in [0.2, 0.25) is 5.02 Å². The van der Waals surface area contributed by atoms with E-state index in [9.17, 15) is 18.0 Å². The summed E-state index contributed by atoms with van der Waals surface area (Å²) in [4.78, 5) is 26.2. The number of ether oxygens (including phenoxy) is 1. The van der Waals surface area contributed by atoms with Crippen LogP contribution in [0.15, 0.2) is 41.3 Å². The average molecular weight is 478 g/mol. The van der Waals surface area contributed by atoms with Gasteiger partial charge >= 0.3 is 0 Å². The highest BCUT2D eigenvalue weighted by Crippen LogP contribution is 2.32. The molecule has 0 saturated carbocycles. The van der Waals surface area contributed by atoms with Crippen LogP contribution in [0.5, 0.6) is 5.75 Å². The number of benzene rings is 2. The van der Waals surface area contributed by atoms with Gasteiger partial charge in [-0.3, -0.25) is 9.59 Å². The van der Waals surface area contributed by atoms with Gasteiger partial charge in [-0.1, -0.05) is 18.0 Å². The lowest BCUT2D eigenvalue weighted by Crippen LogP contribution is -2.35. The third-order valence-electron chi connectivity index (χ3n) is 5.76. The summed E-state index contributed by atoms with van der Waals surface area (Å²) >= 11 is 5.89. The van der Waals surface area contributed by atoms with Crippen LogP contribution < -0.4 is 15.4 Å². The van der Waals surface area contributed by atoms with E-state index in [-0.39, 0.29) is 28.7 Å². The lowest BCUT2D eigenvalue weighted by atomic mass is 10.2. The molecule has 8 nitrogen and oxygen atoms in total. The summed E-state index contributed by atoms with van der Waals surface area (Å²) < 4.78 is 33.0. The number of anilines is 1. The minimum absolute atomic E-state index is 0.0969. The minimum Gasteiger partial charge on any atom is -0.483 e. The smallest absolute Gasteiger partial charge is 0.264 e. The van der Waals surface area contributed by atoms with E-state index in [0.29, 0.717) is 36.8 Å². The first-order valence-electron chi connectivity index (χ1n) is 10.4. The fourth-order valence-electron chi connectivity index (χ4n) is 4.09. The average Bonchev–Trinajstić information content (AvgIpc) is 3.22. The van der Waals surface area contributed by atoms with Gasteiger partial charge in [0.1, 0.15) is 5.75 Å². The first-order valence-corrected chi connectivity index (χ1v) is 12.2. The Labute approximate surface area is 191 Å². The number of amides is 2. The number of nitrogens with zero attached hydrogens (tertiary/aromatic N) is 2. The van der Waals surface area contributed by atoms with Crippen molar-refractivity contribution in [1.29, 1.82) is 0 Å². The van der Waals surface area contributed by atoms with Gasteiger partial charge in [0.15, 0.2) is 6.61 Å². The Hall–Kier alpha value is -2.62. The van der Waals surface area contributed by atoms with Crippen molar-refractivity contribution in [3.63, 3.8) is 0 Å². The zero-order chi connectivity index (χ0) is 22.9. The fraction of sp³-hybridized carbons (Fsp3) is 0.364. The number of sulfonamides is 1. The SMILES string of the molecule is NC(=O)c1cc(Cl)ccc1OCC(=O)N1CCc2cc(S(=O)(=O)N3CCCCC3)ccc21. The number of carbonyl (C=O) groups excluding carboxylic acids is 2. The normalized spacial score (nSPS) is 16.6. The summed E-state index contributed by atoms with van der Waals surface area (Å²) in [7, 11) is -3.53. The maximum absolute atomic E-state index is 13.0. The third-order valence-corrected chi connectivity index (χ3v) is 7.89. The molecule has 2 aromatic carbocycles. The van der Waals surface area contributed by atoms with E-state index in [4.69, 9.17) is 22.1 Å². The number of halogens is 1. The highest BCUT2D eigenvalue weighted by Gasteiger charge is 2.30. The van der Waals surface area contributed by atoms with Crippen molar-refractivity contribution in [2.24, 2.45) is 5.73 Å². The molecule has 4 rings (SSSR count). The molecule has 2 aromatic rings. The van der Waals surface area contributed by atoms with Gasteiger partial charge < -0.3 is 15.4 Å². The quantitative estimate of drug-likeness (QED) is 0.687. The van der Waals surface area contributed by atoms with Crippen LogP contribution in [0, 0.1) is 0 Å². The van der Waals surface area contributed by atoms with Gasteiger partial charge in [-0.2, -0.15) is 4.31 Å². The molecule has 0 spiro atoms. The molecule has 0 unspecified atom stereocenters. The van der Waals surface area contributed by atoms with E-state index in [2.05, 4.69) is 0 Å². The number of nitrogens with two attached hydrogens (primary N) is 1. The largest absolute Gasteiger partial charge is 0.483 e. The summed E-state index contributed by atoms with van der Waals surface area (Å²) in [6, 6.07) is 9.32. The molecule has 0 aliphatic carbocycles. The number of fused-ring (bicyclic) bond motifs is 1. The van der Waals surface area contributed by atoms with E-state index in [0.717, 1.165) is 24.8 Å². The van der Waals surface area contributed by atoms with E-state index in [1.165, 1.54) is 16.4 Å². The standard InChI is InChI=1S/C22H24ClN3O5S/c23-16-4-7-20(18(13-16)22(24)28)31-14-21(27)26-11-8-15-12-17(5-6-19(15)26)32(29,30)25-9-2-1-3-10-25/h4-7,12-13H,1-3,8-11,14H2,(H2,24,28). The van der Waals surface area contributed by atoms with Gasteiger partial charge in [-0.05, 0) is 61.2 Å². The summed E-state index contributed by atoms with van der Waals surface area (Å²) in [5.41, 5.74) is 6.92. The Balaban J connectivity index is 1.48. The molecule has 2 aliphatic rings. The highest BCUT2D eigenvalue weighted by atomic mass is 35.5. The molecular formula is C22H24ClN3O5S. The van der Waals surface area contributed by atoms with Crippen LogP contribution in [-0.2, 0) is 21.2 Å². The van der Waals surface area contributed by atoms with Crippen LogP contribution in [0.25, 0.3) is 0 Å². The van der Waals surface area contributed by atoms with Crippen molar-refractivity contribution in [3.05, 3.63) is 52.5 Å². The summed E-state index contributed by atoms with van der Waals surface area (Å²) in [5.74, 6) is -0.831. The van der Waals surface area contributed by atoms with Crippen molar-refractivity contribution in [1.82, 2.24) is 4.31 Å². The molecule has 32 heavy (non-hydrogen) atoms. The van der Waals surface area contributed by atoms with E-state index in [1.807, 2.05) is 0 Å². The van der Waals surface area contributed by atoms with Crippen LogP contribution in [-0.4, -0.2) is 50.8 Å².